The Balaban J connectivity index is 2.03. The van der Waals surface area contributed by atoms with Crippen molar-refractivity contribution in [1.82, 2.24) is 0 Å². The van der Waals surface area contributed by atoms with Gasteiger partial charge in [-0.25, -0.2) is 0 Å². The highest BCUT2D eigenvalue weighted by molar-refractivity contribution is 5.30. The zero-order chi connectivity index (χ0) is 9.38. The van der Waals surface area contributed by atoms with Crippen molar-refractivity contribution in [2.24, 2.45) is 11.8 Å². The first-order chi connectivity index (χ1) is 6.92. The summed E-state index contributed by atoms with van der Waals surface area (Å²) in [6, 6.07) is 8.98. The standard InChI is InChI=1S/C14H16/c1-2-4-14-10-12-7-5-11(6-8-12)9-13(14)3-1/h1-5,7,11-12H,6,8-10H2. The van der Waals surface area contributed by atoms with Gasteiger partial charge >= 0.3 is 0 Å². The third kappa shape index (κ3) is 1.39. The lowest BCUT2D eigenvalue weighted by Gasteiger charge is -2.28. The first kappa shape index (κ1) is 8.28. The molecule has 0 amide bonds. The van der Waals surface area contributed by atoms with Gasteiger partial charge in [0.2, 0.25) is 0 Å². The molecule has 14 heavy (non-hydrogen) atoms. The molecule has 2 unspecified atom stereocenters. The van der Waals surface area contributed by atoms with Crippen molar-refractivity contribution < 1.29 is 0 Å². The van der Waals surface area contributed by atoms with Crippen LogP contribution in [0, 0.1) is 11.8 Å². The molecule has 0 heteroatoms. The summed E-state index contributed by atoms with van der Waals surface area (Å²) in [6.45, 7) is 0. The van der Waals surface area contributed by atoms with E-state index in [0.29, 0.717) is 0 Å². The average molecular weight is 184 g/mol. The second-order valence-electron chi connectivity index (χ2n) is 4.66. The Hall–Kier alpha value is -1.04. The number of rotatable bonds is 0. The molecule has 0 saturated carbocycles. The maximum atomic E-state index is 2.45. The summed E-state index contributed by atoms with van der Waals surface area (Å²) >= 11 is 0. The number of benzene rings is 1. The van der Waals surface area contributed by atoms with Crippen LogP contribution in [0.1, 0.15) is 24.0 Å². The van der Waals surface area contributed by atoms with E-state index in [1.165, 1.54) is 25.7 Å². The molecule has 2 bridgehead atoms. The van der Waals surface area contributed by atoms with Gasteiger partial charge in [-0.3, -0.25) is 0 Å². The van der Waals surface area contributed by atoms with E-state index in [0.717, 1.165) is 11.8 Å². The fourth-order valence-corrected chi connectivity index (χ4v) is 2.80. The van der Waals surface area contributed by atoms with Crippen LogP contribution in [0.5, 0.6) is 0 Å². The molecule has 3 aliphatic carbocycles. The topological polar surface area (TPSA) is 0 Å². The van der Waals surface area contributed by atoms with Crippen LogP contribution in [0.3, 0.4) is 0 Å². The minimum absolute atomic E-state index is 0.813. The summed E-state index contributed by atoms with van der Waals surface area (Å²) in [5.41, 5.74) is 3.18. The molecule has 0 aliphatic heterocycles. The lowest BCUT2D eigenvalue weighted by atomic mass is 9.77. The lowest BCUT2D eigenvalue weighted by molar-refractivity contribution is 0.435. The van der Waals surface area contributed by atoms with Crippen molar-refractivity contribution in [3.63, 3.8) is 0 Å². The van der Waals surface area contributed by atoms with Crippen molar-refractivity contribution >= 4 is 0 Å². The third-order valence-electron chi connectivity index (χ3n) is 3.65. The molecule has 2 atom stereocenters. The second-order valence-corrected chi connectivity index (χ2v) is 4.66. The van der Waals surface area contributed by atoms with E-state index in [-0.39, 0.29) is 0 Å². The molecule has 0 aromatic heterocycles. The monoisotopic (exact) mass is 184 g/mol. The van der Waals surface area contributed by atoms with E-state index >= 15 is 0 Å². The van der Waals surface area contributed by atoms with Crippen LogP contribution in [0.4, 0.5) is 0 Å². The van der Waals surface area contributed by atoms with Crippen LogP contribution < -0.4 is 0 Å². The van der Waals surface area contributed by atoms with E-state index in [9.17, 15) is 0 Å². The predicted molar refractivity (Wildman–Crippen MR) is 59.2 cm³/mol. The van der Waals surface area contributed by atoms with Gasteiger partial charge < -0.3 is 0 Å². The summed E-state index contributed by atoms with van der Waals surface area (Å²) in [6.07, 6.45) is 10.2. The summed E-state index contributed by atoms with van der Waals surface area (Å²) in [5, 5.41) is 0. The van der Waals surface area contributed by atoms with Gasteiger partial charge in [-0.2, -0.15) is 0 Å². The summed E-state index contributed by atoms with van der Waals surface area (Å²) in [5.74, 6) is 1.63. The Morgan fingerprint density at radius 3 is 1.71 bits per heavy atom. The minimum atomic E-state index is 0.813. The highest BCUT2D eigenvalue weighted by atomic mass is 14.3. The molecule has 72 valence electrons. The quantitative estimate of drug-likeness (QED) is 0.542. The van der Waals surface area contributed by atoms with Gasteiger partial charge in [0.25, 0.3) is 0 Å². The molecule has 0 N–H and O–H groups in total. The molecule has 0 saturated heterocycles. The molecular formula is C14H16. The molecule has 0 radical (unpaired) electrons. The van der Waals surface area contributed by atoms with Crippen molar-refractivity contribution in [3.05, 3.63) is 47.5 Å². The molecule has 0 heterocycles. The maximum absolute atomic E-state index is 2.45. The van der Waals surface area contributed by atoms with E-state index in [2.05, 4.69) is 36.4 Å². The van der Waals surface area contributed by atoms with E-state index in [1.807, 2.05) is 0 Å². The Bertz CT molecular complexity index is 327. The Labute approximate surface area is 85.6 Å². The molecule has 0 fully saturated rings. The normalized spacial score (nSPS) is 29.4. The Morgan fingerprint density at radius 1 is 0.786 bits per heavy atom. The SMILES string of the molecule is C1=CC2CCC1Cc1ccccc1C2. The first-order valence-electron chi connectivity index (χ1n) is 5.67. The number of fused-ring (bicyclic) bond motifs is 1. The Kier molecular flexibility index (Phi) is 1.93. The van der Waals surface area contributed by atoms with Gasteiger partial charge in [0, 0.05) is 0 Å². The molecular weight excluding hydrogens is 168 g/mol. The van der Waals surface area contributed by atoms with Crippen molar-refractivity contribution in [3.8, 4) is 0 Å². The number of allylic oxidation sites excluding steroid dienone is 2. The van der Waals surface area contributed by atoms with E-state index in [4.69, 9.17) is 0 Å². The Morgan fingerprint density at radius 2 is 1.29 bits per heavy atom. The fourth-order valence-electron chi connectivity index (χ4n) is 2.80. The van der Waals surface area contributed by atoms with Gasteiger partial charge in [-0.15, -0.1) is 0 Å². The fraction of sp³-hybridized carbons (Fsp3) is 0.429. The third-order valence-corrected chi connectivity index (χ3v) is 3.65. The average Bonchev–Trinajstić information content (AvgIpc) is 2.17. The lowest BCUT2D eigenvalue weighted by Crippen LogP contribution is -2.17. The second kappa shape index (κ2) is 3.27. The highest BCUT2D eigenvalue weighted by Crippen LogP contribution is 2.32. The smallest absolute Gasteiger partial charge is 0.0193 e. The molecule has 3 aliphatic rings. The van der Waals surface area contributed by atoms with Crippen molar-refractivity contribution in [2.75, 3.05) is 0 Å². The maximum Gasteiger partial charge on any atom is -0.0193 e. The van der Waals surface area contributed by atoms with E-state index in [1.54, 1.807) is 11.1 Å². The van der Waals surface area contributed by atoms with Gasteiger partial charge in [-0.05, 0) is 48.6 Å². The van der Waals surface area contributed by atoms with Gasteiger partial charge in [0.15, 0.2) is 0 Å². The molecule has 1 aromatic carbocycles. The zero-order valence-electron chi connectivity index (χ0n) is 8.45. The number of hydrogen-bond acceptors (Lipinski definition) is 0. The first-order valence-corrected chi connectivity index (χ1v) is 5.67. The van der Waals surface area contributed by atoms with Gasteiger partial charge in [0.1, 0.15) is 0 Å². The van der Waals surface area contributed by atoms with Gasteiger partial charge in [-0.1, -0.05) is 36.4 Å². The highest BCUT2D eigenvalue weighted by Gasteiger charge is 2.21. The van der Waals surface area contributed by atoms with E-state index < -0.39 is 0 Å². The van der Waals surface area contributed by atoms with Crippen LogP contribution in [0.25, 0.3) is 0 Å². The van der Waals surface area contributed by atoms with Crippen LogP contribution in [0.2, 0.25) is 0 Å². The van der Waals surface area contributed by atoms with Crippen molar-refractivity contribution in [1.29, 1.82) is 0 Å². The summed E-state index contributed by atoms with van der Waals surface area (Å²) in [4.78, 5) is 0. The summed E-state index contributed by atoms with van der Waals surface area (Å²) < 4.78 is 0. The minimum Gasteiger partial charge on any atom is -0.0848 e. The van der Waals surface area contributed by atoms with Crippen LogP contribution in [-0.2, 0) is 12.8 Å². The van der Waals surface area contributed by atoms with Crippen LogP contribution in [0.15, 0.2) is 36.4 Å². The molecule has 1 aromatic rings. The molecule has 4 rings (SSSR count). The zero-order valence-corrected chi connectivity index (χ0v) is 8.45. The number of hydrogen-bond donors (Lipinski definition) is 0. The van der Waals surface area contributed by atoms with Crippen LogP contribution in [-0.4, -0.2) is 0 Å². The predicted octanol–water partition coefficient (Wildman–Crippen LogP) is 3.37. The largest absolute Gasteiger partial charge is 0.0848 e. The summed E-state index contributed by atoms with van der Waals surface area (Å²) in [7, 11) is 0. The molecule has 0 nitrogen and oxygen atoms in total. The van der Waals surface area contributed by atoms with Gasteiger partial charge in [0.05, 0.1) is 0 Å². The van der Waals surface area contributed by atoms with Crippen LogP contribution >= 0.6 is 0 Å². The van der Waals surface area contributed by atoms with Crippen molar-refractivity contribution in [2.45, 2.75) is 25.7 Å². The molecule has 0 spiro atoms.